The summed E-state index contributed by atoms with van der Waals surface area (Å²) in [6.45, 7) is 7.16. The molecule has 17 heavy (non-hydrogen) atoms. The molecule has 0 bridgehead atoms. The minimum atomic E-state index is -0.771. The van der Waals surface area contributed by atoms with Gasteiger partial charge in [-0.3, -0.25) is 9.78 Å². The second-order valence-electron chi connectivity index (χ2n) is 5.43. The molecule has 0 fully saturated rings. The Kier molecular flexibility index (Phi) is 3.88. The molecule has 0 aliphatic rings. The Morgan fingerprint density at radius 3 is 2.24 bits per heavy atom. The summed E-state index contributed by atoms with van der Waals surface area (Å²) in [5, 5.41) is 12.4. The van der Waals surface area contributed by atoms with Gasteiger partial charge in [0.05, 0.1) is 12.1 Å². The number of carbonyl (C=O) groups is 1. The van der Waals surface area contributed by atoms with Crippen LogP contribution < -0.4 is 5.32 Å². The van der Waals surface area contributed by atoms with Crippen LogP contribution in [-0.4, -0.2) is 22.6 Å². The van der Waals surface area contributed by atoms with E-state index in [4.69, 9.17) is 0 Å². The Morgan fingerprint density at radius 1 is 1.29 bits per heavy atom. The van der Waals surface area contributed by atoms with Crippen molar-refractivity contribution >= 4 is 5.91 Å². The lowest BCUT2D eigenvalue weighted by Crippen LogP contribution is -2.50. The van der Waals surface area contributed by atoms with Crippen LogP contribution in [0.25, 0.3) is 0 Å². The molecular weight excluding hydrogens is 216 g/mol. The maximum Gasteiger partial charge on any atom is 0.226 e. The molecule has 0 spiro atoms. The van der Waals surface area contributed by atoms with Gasteiger partial charge in [0.25, 0.3) is 0 Å². The first-order valence-corrected chi connectivity index (χ1v) is 5.63. The number of aromatic nitrogens is 1. The molecule has 0 saturated heterocycles. The third-order valence-electron chi connectivity index (χ3n) is 2.70. The number of aliphatic hydroxyl groups excluding tert-OH is 1. The first-order chi connectivity index (χ1) is 7.79. The van der Waals surface area contributed by atoms with Gasteiger partial charge in [-0.15, -0.1) is 0 Å². The van der Waals surface area contributed by atoms with Crippen molar-refractivity contribution in [1.82, 2.24) is 10.3 Å². The molecule has 1 aromatic rings. The van der Waals surface area contributed by atoms with Crippen LogP contribution in [0.3, 0.4) is 0 Å². The fourth-order valence-electron chi connectivity index (χ4n) is 1.36. The molecule has 4 heteroatoms. The highest BCUT2D eigenvalue weighted by Crippen LogP contribution is 2.22. The summed E-state index contributed by atoms with van der Waals surface area (Å²) in [5.41, 5.74) is -0.413. The molecule has 1 unspecified atom stereocenters. The number of carbonyl (C=O) groups excluding carboxylic acids is 1. The van der Waals surface area contributed by atoms with Crippen LogP contribution >= 0.6 is 0 Å². The van der Waals surface area contributed by atoms with Crippen molar-refractivity contribution in [2.75, 3.05) is 6.61 Å². The normalized spacial score (nSPS) is 15.1. The zero-order chi connectivity index (χ0) is 13.1. The number of hydrogen-bond acceptors (Lipinski definition) is 3. The maximum atomic E-state index is 12.0. The standard InChI is InChI=1S/C13H20N2O2/c1-12(2,3)11(17)15-13(4,9-16)10-5-7-14-8-6-10/h5-8,16H,9H2,1-4H3,(H,15,17). The number of pyridine rings is 1. The predicted molar refractivity (Wildman–Crippen MR) is 66.3 cm³/mol. The third-order valence-corrected chi connectivity index (χ3v) is 2.70. The highest BCUT2D eigenvalue weighted by molar-refractivity contribution is 5.82. The molecule has 0 aliphatic heterocycles. The van der Waals surface area contributed by atoms with E-state index >= 15 is 0 Å². The van der Waals surface area contributed by atoms with Gasteiger partial charge < -0.3 is 10.4 Å². The van der Waals surface area contributed by atoms with Crippen LogP contribution in [0.5, 0.6) is 0 Å². The number of hydrogen-bond donors (Lipinski definition) is 2. The van der Waals surface area contributed by atoms with Crippen LogP contribution in [0.2, 0.25) is 0 Å². The van der Waals surface area contributed by atoms with E-state index in [1.54, 1.807) is 31.5 Å². The highest BCUT2D eigenvalue weighted by Gasteiger charge is 2.32. The van der Waals surface area contributed by atoms with Gasteiger partial charge in [-0.2, -0.15) is 0 Å². The average molecular weight is 236 g/mol. The Hall–Kier alpha value is -1.42. The Labute approximate surface area is 102 Å². The van der Waals surface area contributed by atoms with Crippen LogP contribution in [0, 0.1) is 5.41 Å². The highest BCUT2D eigenvalue weighted by atomic mass is 16.3. The quantitative estimate of drug-likeness (QED) is 0.835. The summed E-state index contributed by atoms with van der Waals surface area (Å²) < 4.78 is 0. The Bertz CT molecular complexity index is 384. The van der Waals surface area contributed by atoms with Crippen molar-refractivity contribution in [1.29, 1.82) is 0 Å². The van der Waals surface area contributed by atoms with Crippen LogP contribution in [0.15, 0.2) is 24.5 Å². The number of rotatable bonds is 3. The maximum absolute atomic E-state index is 12.0. The van der Waals surface area contributed by atoms with Gasteiger partial charge in [0.2, 0.25) is 5.91 Å². The fraction of sp³-hybridized carbons (Fsp3) is 0.538. The molecule has 0 radical (unpaired) electrons. The molecule has 1 aromatic heterocycles. The van der Waals surface area contributed by atoms with E-state index in [0.29, 0.717) is 0 Å². The summed E-state index contributed by atoms with van der Waals surface area (Å²) in [7, 11) is 0. The molecule has 2 N–H and O–H groups in total. The lowest BCUT2D eigenvalue weighted by atomic mass is 9.89. The molecule has 0 aromatic carbocycles. The number of nitrogens with one attached hydrogen (secondary N) is 1. The molecule has 94 valence electrons. The van der Waals surface area contributed by atoms with Crippen LogP contribution in [0.4, 0.5) is 0 Å². The smallest absolute Gasteiger partial charge is 0.226 e. The van der Waals surface area contributed by atoms with Crippen molar-refractivity contribution in [2.45, 2.75) is 33.2 Å². The molecule has 0 aliphatic carbocycles. The van der Waals surface area contributed by atoms with Crippen molar-refractivity contribution in [3.63, 3.8) is 0 Å². The summed E-state index contributed by atoms with van der Waals surface area (Å²) in [5.74, 6) is -0.0918. The zero-order valence-corrected chi connectivity index (χ0v) is 10.8. The summed E-state index contributed by atoms with van der Waals surface area (Å²) in [6.07, 6.45) is 3.29. The van der Waals surface area contributed by atoms with E-state index in [1.165, 1.54) is 0 Å². The van der Waals surface area contributed by atoms with E-state index in [1.807, 2.05) is 20.8 Å². The first kappa shape index (κ1) is 13.6. The van der Waals surface area contributed by atoms with E-state index < -0.39 is 11.0 Å². The van der Waals surface area contributed by atoms with Gasteiger partial charge in [-0.05, 0) is 24.6 Å². The minimum Gasteiger partial charge on any atom is -0.394 e. The molecule has 0 saturated carbocycles. The molecule has 1 heterocycles. The largest absolute Gasteiger partial charge is 0.394 e. The summed E-state index contributed by atoms with van der Waals surface area (Å²) in [4.78, 5) is 15.9. The molecule has 1 rings (SSSR count). The van der Waals surface area contributed by atoms with Gasteiger partial charge >= 0.3 is 0 Å². The Morgan fingerprint density at radius 2 is 1.82 bits per heavy atom. The second kappa shape index (κ2) is 4.84. The number of nitrogens with zero attached hydrogens (tertiary/aromatic N) is 1. The first-order valence-electron chi connectivity index (χ1n) is 5.63. The van der Waals surface area contributed by atoms with Gasteiger partial charge in [-0.1, -0.05) is 20.8 Å². The van der Waals surface area contributed by atoms with Crippen molar-refractivity contribution in [3.05, 3.63) is 30.1 Å². The van der Waals surface area contributed by atoms with Crippen molar-refractivity contribution in [2.24, 2.45) is 5.41 Å². The summed E-state index contributed by atoms with van der Waals surface area (Å²) >= 11 is 0. The van der Waals surface area contributed by atoms with Crippen molar-refractivity contribution in [3.8, 4) is 0 Å². The molecule has 1 atom stereocenters. The van der Waals surface area contributed by atoms with Gasteiger partial charge in [0.15, 0.2) is 0 Å². The van der Waals surface area contributed by atoms with E-state index in [2.05, 4.69) is 10.3 Å². The number of amides is 1. The van der Waals surface area contributed by atoms with Gasteiger partial charge in [0.1, 0.15) is 0 Å². The third kappa shape index (κ3) is 3.27. The predicted octanol–water partition coefficient (Wildman–Crippen LogP) is 1.45. The van der Waals surface area contributed by atoms with E-state index in [-0.39, 0.29) is 12.5 Å². The topological polar surface area (TPSA) is 62.2 Å². The van der Waals surface area contributed by atoms with Crippen molar-refractivity contribution < 1.29 is 9.90 Å². The van der Waals surface area contributed by atoms with E-state index in [9.17, 15) is 9.90 Å². The lowest BCUT2D eigenvalue weighted by Gasteiger charge is -2.32. The molecule has 4 nitrogen and oxygen atoms in total. The number of aliphatic hydroxyl groups is 1. The zero-order valence-electron chi connectivity index (χ0n) is 10.8. The minimum absolute atomic E-state index is 0.0918. The lowest BCUT2D eigenvalue weighted by molar-refractivity contribution is -0.131. The van der Waals surface area contributed by atoms with Gasteiger partial charge in [0, 0.05) is 17.8 Å². The molecular formula is C13H20N2O2. The van der Waals surface area contributed by atoms with E-state index in [0.717, 1.165) is 5.56 Å². The monoisotopic (exact) mass is 236 g/mol. The summed E-state index contributed by atoms with van der Waals surface area (Å²) in [6, 6.07) is 3.58. The Balaban J connectivity index is 2.95. The van der Waals surface area contributed by atoms with Crippen LogP contribution in [-0.2, 0) is 10.3 Å². The van der Waals surface area contributed by atoms with Crippen LogP contribution in [0.1, 0.15) is 33.3 Å². The second-order valence-corrected chi connectivity index (χ2v) is 5.43. The van der Waals surface area contributed by atoms with Gasteiger partial charge in [-0.25, -0.2) is 0 Å². The average Bonchev–Trinajstić information content (AvgIpc) is 2.28. The fourth-order valence-corrected chi connectivity index (χ4v) is 1.36. The molecule has 1 amide bonds. The SMILES string of the molecule is CC(C)(C)C(=O)NC(C)(CO)c1ccncc1.